The summed E-state index contributed by atoms with van der Waals surface area (Å²) < 4.78 is 51.8. The number of sulfonamides is 1. The fourth-order valence-corrected chi connectivity index (χ4v) is 6.59. The van der Waals surface area contributed by atoms with Crippen LogP contribution in [-0.4, -0.2) is 74.6 Å². The minimum Gasteiger partial charge on any atom is -0.381 e. The molecule has 29 heavy (non-hydrogen) atoms. The number of hydrogen-bond acceptors (Lipinski definition) is 5. The summed E-state index contributed by atoms with van der Waals surface area (Å²) in [6, 6.07) is 5.94. The molecular formula is C20H27FN2O5S. The first-order valence-electron chi connectivity index (χ1n) is 10.0. The second kappa shape index (κ2) is 7.94. The zero-order chi connectivity index (χ0) is 20.6. The molecule has 7 nitrogen and oxygen atoms in total. The van der Waals surface area contributed by atoms with Crippen LogP contribution in [0, 0.1) is 5.82 Å². The first kappa shape index (κ1) is 20.7. The van der Waals surface area contributed by atoms with Gasteiger partial charge in [0.1, 0.15) is 5.82 Å². The molecule has 0 aliphatic carbocycles. The number of carbonyl (C=O) groups excluding carboxylic acids is 1. The van der Waals surface area contributed by atoms with Crippen molar-refractivity contribution in [1.82, 2.24) is 9.21 Å². The summed E-state index contributed by atoms with van der Waals surface area (Å²) in [6.07, 6.45) is 2.18. The molecule has 1 spiro atoms. The largest absolute Gasteiger partial charge is 0.381 e. The topological polar surface area (TPSA) is 76.2 Å². The molecule has 0 aromatic heterocycles. The SMILES string of the molecule is COC1C(=O)N(C2CCN(S(=O)(=O)Cc3ccccc3F)CC2)C12CCOCC2. The molecule has 1 unspecified atom stereocenters. The summed E-state index contributed by atoms with van der Waals surface area (Å²) in [6.45, 7) is 1.85. The summed E-state index contributed by atoms with van der Waals surface area (Å²) in [7, 11) is -2.05. The first-order chi connectivity index (χ1) is 13.9. The van der Waals surface area contributed by atoms with Crippen LogP contribution in [0.1, 0.15) is 31.2 Å². The lowest BCUT2D eigenvalue weighted by Gasteiger charge is -2.61. The average molecular weight is 427 g/mol. The molecule has 1 amide bonds. The van der Waals surface area contributed by atoms with Gasteiger partial charge in [0, 0.05) is 45.0 Å². The molecule has 1 aromatic rings. The van der Waals surface area contributed by atoms with Crippen LogP contribution in [0.2, 0.25) is 0 Å². The number of halogens is 1. The van der Waals surface area contributed by atoms with Gasteiger partial charge in [-0.2, -0.15) is 0 Å². The number of rotatable bonds is 5. The molecule has 9 heteroatoms. The van der Waals surface area contributed by atoms with Crippen LogP contribution < -0.4 is 0 Å². The Morgan fingerprint density at radius 2 is 1.86 bits per heavy atom. The predicted molar refractivity (Wildman–Crippen MR) is 104 cm³/mol. The molecule has 1 aromatic carbocycles. The maximum atomic E-state index is 13.9. The van der Waals surface area contributed by atoms with Gasteiger partial charge in [0.15, 0.2) is 6.10 Å². The van der Waals surface area contributed by atoms with Gasteiger partial charge in [-0.1, -0.05) is 18.2 Å². The summed E-state index contributed by atoms with van der Waals surface area (Å²) in [5.41, 5.74) is -0.153. The summed E-state index contributed by atoms with van der Waals surface area (Å²) in [5.74, 6) is -0.869. The lowest BCUT2D eigenvalue weighted by atomic mass is 9.72. The van der Waals surface area contributed by atoms with Gasteiger partial charge in [0.2, 0.25) is 10.0 Å². The second-order valence-electron chi connectivity index (χ2n) is 8.02. The molecular weight excluding hydrogens is 399 g/mol. The molecule has 0 saturated carbocycles. The van der Waals surface area contributed by atoms with Crippen molar-refractivity contribution in [1.29, 1.82) is 0 Å². The second-order valence-corrected chi connectivity index (χ2v) is 9.99. The zero-order valence-corrected chi connectivity index (χ0v) is 17.4. The summed E-state index contributed by atoms with van der Waals surface area (Å²) >= 11 is 0. The maximum absolute atomic E-state index is 13.9. The predicted octanol–water partition coefficient (Wildman–Crippen LogP) is 1.53. The van der Waals surface area contributed by atoms with E-state index in [4.69, 9.17) is 9.47 Å². The number of methoxy groups -OCH3 is 1. The van der Waals surface area contributed by atoms with Crippen LogP contribution >= 0.6 is 0 Å². The van der Waals surface area contributed by atoms with E-state index in [9.17, 15) is 17.6 Å². The minimum atomic E-state index is -3.61. The van der Waals surface area contributed by atoms with Gasteiger partial charge in [0.25, 0.3) is 5.91 Å². The van der Waals surface area contributed by atoms with Gasteiger partial charge < -0.3 is 14.4 Å². The Hall–Kier alpha value is -1.55. The van der Waals surface area contributed by atoms with Crippen LogP contribution in [0.15, 0.2) is 24.3 Å². The van der Waals surface area contributed by atoms with Crippen molar-refractivity contribution in [2.24, 2.45) is 0 Å². The highest BCUT2D eigenvalue weighted by Gasteiger charge is 2.62. The number of benzene rings is 1. The van der Waals surface area contributed by atoms with E-state index in [1.54, 1.807) is 19.2 Å². The van der Waals surface area contributed by atoms with Crippen LogP contribution in [0.25, 0.3) is 0 Å². The van der Waals surface area contributed by atoms with Crippen LogP contribution in [-0.2, 0) is 30.0 Å². The van der Waals surface area contributed by atoms with E-state index in [0.29, 0.717) is 39.1 Å². The molecule has 3 heterocycles. The maximum Gasteiger partial charge on any atom is 0.254 e. The Morgan fingerprint density at radius 3 is 2.48 bits per heavy atom. The molecule has 3 aliphatic rings. The van der Waals surface area contributed by atoms with Gasteiger partial charge in [-0.15, -0.1) is 0 Å². The van der Waals surface area contributed by atoms with E-state index in [-0.39, 0.29) is 28.8 Å². The van der Waals surface area contributed by atoms with E-state index in [1.807, 2.05) is 4.90 Å². The van der Waals surface area contributed by atoms with E-state index in [2.05, 4.69) is 0 Å². The number of hydrogen-bond donors (Lipinski definition) is 0. The molecule has 1 atom stereocenters. The molecule has 3 fully saturated rings. The smallest absolute Gasteiger partial charge is 0.254 e. The highest BCUT2D eigenvalue weighted by Crippen LogP contribution is 2.45. The molecule has 0 N–H and O–H groups in total. The van der Waals surface area contributed by atoms with Gasteiger partial charge in [-0.05, 0) is 31.7 Å². The highest BCUT2D eigenvalue weighted by atomic mass is 32.2. The third-order valence-corrected chi connectivity index (χ3v) is 8.33. The van der Waals surface area contributed by atoms with Crippen molar-refractivity contribution < 1.29 is 27.1 Å². The highest BCUT2D eigenvalue weighted by molar-refractivity contribution is 7.88. The van der Waals surface area contributed by atoms with E-state index in [0.717, 1.165) is 12.8 Å². The average Bonchev–Trinajstić information content (AvgIpc) is 2.71. The summed E-state index contributed by atoms with van der Waals surface area (Å²) in [5, 5.41) is 0. The number of likely N-dealkylation sites (tertiary alicyclic amines) is 1. The van der Waals surface area contributed by atoms with Crippen LogP contribution in [0.4, 0.5) is 4.39 Å². The standard InChI is InChI=1S/C20H27FN2O5S/c1-27-18-19(24)23(20(18)8-12-28-13-9-20)16-6-10-22(11-7-16)29(25,26)14-15-4-2-3-5-17(15)21/h2-5,16,18H,6-14H2,1H3. The van der Waals surface area contributed by atoms with E-state index < -0.39 is 21.9 Å². The van der Waals surface area contributed by atoms with Gasteiger partial charge in [-0.3, -0.25) is 4.79 Å². The molecule has 3 aliphatic heterocycles. The Labute approximate surface area is 170 Å². The van der Waals surface area contributed by atoms with Crippen molar-refractivity contribution >= 4 is 15.9 Å². The third-order valence-electron chi connectivity index (χ3n) is 6.50. The van der Waals surface area contributed by atoms with E-state index in [1.165, 1.54) is 16.4 Å². The Kier molecular flexibility index (Phi) is 5.67. The Morgan fingerprint density at radius 1 is 1.21 bits per heavy atom. The van der Waals surface area contributed by atoms with Crippen molar-refractivity contribution in [2.75, 3.05) is 33.4 Å². The minimum absolute atomic E-state index is 0.00749. The number of ether oxygens (including phenoxy) is 2. The quantitative estimate of drug-likeness (QED) is 0.668. The lowest BCUT2D eigenvalue weighted by molar-refractivity contribution is -0.213. The Balaban J connectivity index is 1.42. The fraction of sp³-hybridized carbons (Fsp3) is 0.650. The van der Waals surface area contributed by atoms with Crippen molar-refractivity contribution in [3.63, 3.8) is 0 Å². The fourth-order valence-electron chi connectivity index (χ4n) is 5.01. The van der Waals surface area contributed by atoms with Gasteiger partial charge in [-0.25, -0.2) is 17.1 Å². The van der Waals surface area contributed by atoms with Crippen molar-refractivity contribution in [2.45, 2.75) is 49.1 Å². The zero-order valence-electron chi connectivity index (χ0n) is 16.5. The number of amides is 1. The van der Waals surface area contributed by atoms with Crippen molar-refractivity contribution in [3.8, 4) is 0 Å². The summed E-state index contributed by atoms with van der Waals surface area (Å²) in [4.78, 5) is 14.6. The molecule has 3 saturated heterocycles. The molecule has 0 radical (unpaired) electrons. The van der Waals surface area contributed by atoms with Crippen LogP contribution in [0.3, 0.4) is 0 Å². The normalized spacial score (nSPS) is 25.9. The number of piperidine rings is 1. The number of β-lactam (4-membered cyclic amide) rings is 1. The van der Waals surface area contributed by atoms with Gasteiger partial charge >= 0.3 is 0 Å². The third kappa shape index (κ3) is 3.58. The van der Waals surface area contributed by atoms with Crippen molar-refractivity contribution in [3.05, 3.63) is 35.6 Å². The van der Waals surface area contributed by atoms with Gasteiger partial charge in [0.05, 0.1) is 11.3 Å². The lowest BCUT2D eigenvalue weighted by Crippen LogP contribution is -2.79. The van der Waals surface area contributed by atoms with Crippen LogP contribution in [0.5, 0.6) is 0 Å². The molecule has 160 valence electrons. The monoisotopic (exact) mass is 426 g/mol. The molecule has 0 bridgehead atoms. The van der Waals surface area contributed by atoms with E-state index >= 15 is 0 Å². The Bertz CT molecular complexity index is 863. The molecule has 4 rings (SSSR count). The number of nitrogens with zero attached hydrogens (tertiary/aromatic N) is 2. The number of carbonyl (C=O) groups is 1. The first-order valence-corrected chi connectivity index (χ1v) is 11.6.